The van der Waals surface area contributed by atoms with Crippen LogP contribution in [0.5, 0.6) is 11.5 Å². The van der Waals surface area contributed by atoms with Crippen molar-refractivity contribution in [3.63, 3.8) is 0 Å². The minimum atomic E-state index is -0.116. The lowest BCUT2D eigenvalue weighted by Crippen LogP contribution is -2.16. The molecule has 0 saturated heterocycles. The summed E-state index contributed by atoms with van der Waals surface area (Å²) >= 11 is 3.41. The molecule has 0 atom stereocenters. The second kappa shape index (κ2) is 7.84. The number of anilines is 1. The molecule has 2 aromatic carbocycles. The Morgan fingerprint density at radius 3 is 2.67 bits per heavy atom. The number of nitrogens with one attached hydrogen (secondary N) is 1. The number of carbonyl (C=O) groups is 1. The molecule has 0 unspecified atom stereocenters. The van der Waals surface area contributed by atoms with E-state index in [-0.39, 0.29) is 12.3 Å². The highest BCUT2D eigenvalue weighted by Crippen LogP contribution is 2.32. The molecular weight excluding hydrogens is 412 g/mol. The van der Waals surface area contributed by atoms with Crippen LogP contribution in [0.2, 0.25) is 0 Å². The fraction of sp³-hybridized carbons (Fsp3) is 0.200. The summed E-state index contributed by atoms with van der Waals surface area (Å²) in [5.41, 5.74) is 1.62. The van der Waals surface area contributed by atoms with Gasteiger partial charge in [-0.15, -0.1) is 0 Å². The van der Waals surface area contributed by atoms with E-state index in [1.807, 2.05) is 24.3 Å². The van der Waals surface area contributed by atoms with Gasteiger partial charge in [0.15, 0.2) is 23.1 Å². The van der Waals surface area contributed by atoms with Gasteiger partial charge in [-0.3, -0.25) is 4.79 Å². The number of carbonyl (C=O) groups excluding carboxylic acids is 1. The van der Waals surface area contributed by atoms with Crippen molar-refractivity contribution < 1.29 is 18.7 Å². The number of benzene rings is 2. The molecule has 7 heteroatoms. The quantitative estimate of drug-likeness (QED) is 0.649. The standard InChI is InChI=1S/C20H17BrN2O4/c21-14-3-1-13(2-4-14)18-12-22-20(27-18)8-7-19(24)23-15-5-6-16-17(11-15)26-10-9-25-16/h1-6,11-12H,7-10H2,(H,23,24). The Labute approximate surface area is 164 Å². The molecule has 0 aliphatic carbocycles. The van der Waals surface area contributed by atoms with Crippen LogP contribution in [0.4, 0.5) is 5.69 Å². The predicted molar refractivity (Wildman–Crippen MR) is 104 cm³/mol. The normalized spacial score (nSPS) is 12.6. The third-order valence-corrected chi connectivity index (χ3v) is 4.60. The molecule has 0 fully saturated rings. The monoisotopic (exact) mass is 428 g/mol. The van der Waals surface area contributed by atoms with Gasteiger partial charge < -0.3 is 19.2 Å². The van der Waals surface area contributed by atoms with Crippen molar-refractivity contribution in [3.8, 4) is 22.8 Å². The largest absolute Gasteiger partial charge is 0.486 e. The SMILES string of the molecule is O=C(CCc1ncc(-c2ccc(Br)cc2)o1)Nc1ccc2c(c1)OCCO2. The third-order valence-electron chi connectivity index (χ3n) is 4.07. The molecule has 1 aromatic heterocycles. The highest BCUT2D eigenvalue weighted by atomic mass is 79.9. The van der Waals surface area contributed by atoms with Crippen LogP contribution in [0.25, 0.3) is 11.3 Å². The maximum Gasteiger partial charge on any atom is 0.224 e. The maximum absolute atomic E-state index is 12.2. The van der Waals surface area contributed by atoms with E-state index in [4.69, 9.17) is 13.9 Å². The Balaban J connectivity index is 1.34. The van der Waals surface area contributed by atoms with Gasteiger partial charge >= 0.3 is 0 Å². The number of oxazole rings is 1. The number of halogens is 1. The van der Waals surface area contributed by atoms with Gasteiger partial charge in [-0.25, -0.2) is 4.98 Å². The van der Waals surface area contributed by atoms with E-state index in [2.05, 4.69) is 26.2 Å². The number of nitrogens with zero attached hydrogens (tertiary/aromatic N) is 1. The lowest BCUT2D eigenvalue weighted by atomic mass is 10.2. The van der Waals surface area contributed by atoms with Gasteiger partial charge in [0.25, 0.3) is 0 Å². The van der Waals surface area contributed by atoms with Gasteiger partial charge in [-0.1, -0.05) is 28.1 Å². The molecule has 6 nitrogen and oxygen atoms in total. The maximum atomic E-state index is 12.2. The Kier molecular flexibility index (Phi) is 5.11. The van der Waals surface area contributed by atoms with Crippen LogP contribution in [0.1, 0.15) is 12.3 Å². The Hall–Kier alpha value is -2.80. The minimum absolute atomic E-state index is 0.116. The van der Waals surface area contributed by atoms with E-state index < -0.39 is 0 Å². The second-order valence-electron chi connectivity index (χ2n) is 6.03. The van der Waals surface area contributed by atoms with Gasteiger partial charge in [-0.2, -0.15) is 0 Å². The Bertz CT molecular complexity index is 953. The molecule has 0 spiro atoms. The summed E-state index contributed by atoms with van der Waals surface area (Å²) in [7, 11) is 0. The van der Waals surface area contributed by atoms with Gasteiger partial charge in [0.1, 0.15) is 13.2 Å². The van der Waals surface area contributed by atoms with Crippen LogP contribution in [-0.4, -0.2) is 24.1 Å². The van der Waals surface area contributed by atoms with E-state index in [1.54, 1.807) is 24.4 Å². The molecule has 4 rings (SSSR count). The first-order chi connectivity index (χ1) is 13.2. The summed E-state index contributed by atoms with van der Waals surface area (Å²) in [5.74, 6) is 2.44. The third kappa shape index (κ3) is 4.31. The average molecular weight is 429 g/mol. The zero-order valence-electron chi connectivity index (χ0n) is 14.4. The predicted octanol–water partition coefficient (Wildman–Crippen LogP) is 4.45. The molecule has 1 amide bonds. The fourth-order valence-electron chi connectivity index (χ4n) is 2.74. The molecule has 138 valence electrons. The topological polar surface area (TPSA) is 73.6 Å². The number of rotatable bonds is 5. The molecule has 0 bridgehead atoms. The zero-order valence-corrected chi connectivity index (χ0v) is 16.0. The lowest BCUT2D eigenvalue weighted by molar-refractivity contribution is -0.116. The van der Waals surface area contributed by atoms with Crippen molar-refractivity contribution in [2.45, 2.75) is 12.8 Å². The second-order valence-corrected chi connectivity index (χ2v) is 6.95. The van der Waals surface area contributed by atoms with Crippen LogP contribution in [-0.2, 0) is 11.2 Å². The van der Waals surface area contributed by atoms with Gasteiger partial charge in [-0.05, 0) is 24.3 Å². The van der Waals surface area contributed by atoms with Crippen molar-refractivity contribution in [3.05, 3.63) is 59.0 Å². The van der Waals surface area contributed by atoms with E-state index in [9.17, 15) is 4.79 Å². The Morgan fingerprint density at radius 1 is 1.07 bits per heavy atom. The van der Waals surface area contributed by atoms with Crippen molar-refractivity contribution in [2.75, 3.05) is 18.5 Å². The summed E-state index contributed by atoms with van der Waals surface area (Å²) in [5, 5.41) is 2.86. The van der Waals surface area contributed by atoms with Crippen LogP contribution >= 0.6 is 15.9 Å². The van der Waals surface area contributed by atoms with Gasteiger partial charge in [0, 0.05) is 34.6 Å². The fourth-order valence-corrected chi connectivity index (χ4v) is 3.00. The molecule has 2 heterocycles. The van der Waals surface area contributed by atoms with E-state index in [1.165, 1.54) is 0 Å². The molecule has 1 aliphatic heterocycles. The highest BCUT2D eigenvalue weighted by Gasteiger charge is 2.13. The summed E-state index contributed by atoms with van der Waals surface area (Å²) in [6.07, 6.45) is 2.37. The lowest BCUT2D eigenvalue weighted by Gasteiger charge is -2.18. The number of hydrogen-bond donors (Lipinski definition) is 1. The van der Waals surface area contributed by atoms with Crippen molar-refractivity contribution in [2.24, 2.45) is 0 Å². The van der Waals surface area contributed by atoms with E-state index in [0.717, 1.165) is 10.0 Å². The van der Waals surface area contributed by atoms with Crippen molar-refractivity contribution in [1.82, 2.24) is 4.98 Å². The van der Waals surface area contributed by atoms with Crippen LogP contribution in [0.15, 0.2) is 57.6 Å². The summed E-state index contributed by atoms with van der Waals surface area (Å²) in [6, 6.07) is 13.1. The van der Waals surface area contributed by atoms with E-state index in [0.29, 0.717) is 48.5 Å². The minimum Gasteiger partial charge on any atom is -0.486 e. The van der Waals surface area contributed by atoms with Gasteiger partial charge in [0.2, 0.25) is 5.91 Å². The van der Waals surface area contributed by atoms with Crippen molar-refractivity contribution in [1.29, 1.82) is 0 Å². The first-order valence-electron chi connectivity index (χ1n) is 8.57. The molecule has 0 radical (unpaired) electrons. The molecule has 3 aromatic rings. The molecule has 1 aliphatic rings. The summed E-state index contributed by atoms with van der Waals surface area (Å²) < 4.78 is 17.7. The number of hydrogen-bond acceptors (Lipinski definition) is 5. The number of amides is 1. The molecule has 0 saturated carbocycles. The van der Waals surface area contributed by atoms with Crippen LogP contribution in [0, 0.1) is 0 Å². The molecular formula is C20H17BrN2O4. The Morgan fingerprint density at radius 2 is 1.85 bits per heavy atom. The molecule has 27 heavy (non-hydrogen) atoms. The highest BCUT2D eigenvalue weighted by molar-refractivity contribution is 9.10. The van der Waals surface area contributed by atoms with Crippen molar-refractivity contribution >= 4 is 27.5 Å². The van der Waals surface area contributed by atoms with Crippen LogP contribution in [0.3, 0.4) is 0 Å². The molecule has 1 N–H and O–H groups in total. The number of fused-ring (bicyclic) bond motifs is 1. The number of aromatic nitrogens is 1. The first kappa shape index (κ1) is 17.6. The number of aryl methyl sites for hydroxylation is 1. The van der Waals surface area contributed by atoms with Crippen LogP contribution < -0.4 is 14.8 Å². The zero-order chi connectivity index (χ0) is 18.6. The summed E-state index contributed by atoms with van der Waals surface area (Å²) in [4.78, 5) is 16.5. The number of ether oxygens (including phenoxy) is 2. The van der Waals surface area contributed by atoms with Gasteiger partial charge in [0.05, 0.1) is 6.20 Å². The first-order valence-corrected chi connectivity index (χ1v) is 9.37. The average Bonchev–Trinajstić information content (AvgIpc) is 3.16. The van der Waals surface area contributed by atoms with E-state index >= 15 is 0 Å². The smallest absolute Gasteiger partial charge is 0.224 e. The summed E-state index contributed by atoms with van der Waals surface area (Å²) in [6.45, 7) is 1.05.